The first kappa shape index (κ1) is 20.5. The zero-order valence-corrected chi connectivity index (χ0v) is 19.9. The summed E-state index contributed by atoms with van der Waals surface area (Å²) in [6.07, 6.45) is 5.85. The molecule has 2 aliphatic heterocycles. The number of piperidine rings is 1. The smallest absolute Gasteiger partial charge is 0.186 e. The molecule has 7 heteroatoms. The molecule has 0 bridgehead atoms. The number of fused-ring (bicyclic) bond motifs is 3. The highest BCUT2D eigenvalue weighted by Gasteiger charge is 2.40. The van der Waals surface area contributed by atoms with Crippen molar-refractivity contribution < 1.29 is 4.74 Å². The Kier molecular flexibility index (Phi) is 4.68. The number of hydrogen-bond donors (Lipinski definition) is 2. The summed E-state index contributed by atoms with van der Waals surface area (Å²) in [6.45, 7) is 11.3. The first-order chi connectivity index (χ1) is 14.6. The minimum atomic E-state index is -0.0681. The van der Waals surface area contributed by atoms with Crippen LogP contribution < -0.4 is 15.0 Å². The number of aromatic nitrogens is 3. The first-order valence-electron chi connectivity index (χ1n) is 10.9. The fourth-order valence-electron chi connectivity index (χ4n) is 5.28. The molecule has 2 aromatic heterocycles. The largest absolute Gasteiger partial charge is 0.484 e. The molecule has 1 atom stereocenters. The van der Waals surface area contributed by atoms with Crippen LogP contribution in [0.1, 0.15) is 59.3 Å². The molecule has 1 aromatic carbocycles. The molecule has 5 rings (SSSR count). The number of benzene rings is 1. The van der Waals surface area contributed by atoms with Gasteiger partial charge in [0.25, 0.3) is 0 Å². The maximum absolute atomic E-state index is 6.29. The van der Waals surface area contributed by atoms with Gasteiger partial charge in [-0.2, -0.15) is 5.10 Å². The van der Waals surface area contributed by atoms with E-state index in [2.05, 4.69) is 80.3 Å². The number of nitrogens with one attached hydrogen (secondary N) is 2. The van der Waals surface area contributed by atoms with E-state index in [9.17, 15) is 0 Å². The predicted octanol–water partition coefficient (Wildman–Crippen LogP) is 5.40. The molecular formula is C24H31N5OS. The molecule has 0 spiro atoms. The average molecular weight is 438 g/mol. The summed E-state index contributed by atoms with van der Waals surface area (Å²) in [7, 11) is 2.20. The van der Waals surface area contributed by atoms with Crippen LogP contribution >= 0.6 is 11.3 Å². The number of rotatable bonds is 3. The van der Waals surface area contributed by atoms with E-state index in [0.717, 1.165) is 46.1 Å². The average Bonchev–Trinajstić information content (AvgIpc) is 3.35. The summed E-state index contributed by atoms with van der Waals surface area (Å²) in [5, 5.41) is 11.8. The lowest BCUT2D eigenvalue weighted by molar-refractivity contribution is 0.161. The van der Waals surface area contributed by atoms with Gasteiger partial charge in [-0.05, 0) is 65.2 Å². The molecule has 31 heavy (non-hydrogen) atoms. The Morgan fingerprint density at radius 2 is 1.87 bits per heavy atom. The Morgan fingerprint density at radius 1 is 1.13 bits per heavy atom. The minimum Gasteiger partial charge on any atom is -0.484 e. The van der Waals surface area contributed by atoms with Gasteiger partial charge in [-0.15, -0.1) is 0 Å². The molecule has 1 unspecified atom stereocenters. The highest BCUT2D eigenvalue weighted by Crippen LogP contribution is 2.48. The lowest BCUT2D eigenvalue weighted by atomic mass is 9.79. The van der Waals surface area contributed by atoms with Crippen molar-refractivity contribution in [3.8, 4) is 27.3 Å². The van der Waals surface area contributed by atoms with E-state index >= 15 is 0 Å². The van der Waals surface area contributed by atoms with Gasteiger partial charge >= 0.3 is 0 Å². The lowest BCUT2D eigenvalue weighted by Gasteiger charge is -2.48. The molecule has 0 amide bonds. The second kappa shape index (κ2) is 7.07. The number of anilines is 1. The van der Waals surface area contributed by atoms with Crippen LogP contribution in [0.5, 0.6) is 5.75 Å². The Balaban J connectivity index is 1.48. The molecule has 6 nitrogen and oxygen atoms in total. The SMILES string of the molecule is CC1Oc2cc(-c3cn[nH]c3)ccc2-c2sc(N(C)C3CC(C)(C)NC(C)(C)C3)nc21. The molecular weight excluding hydrogens is 406 g/mol. The van der Waals surface area contributed by atoms with Crippen LogP contribution in [-0.2, 0) is 0 Å². The molecule has 4 heterocycles. The number of ether oxygens (including phenoxy) is 1. The van der Waals surface area contributed by atoms with Gasteiger partial charge in [0.05, 0.1) is 11.1 Å². The van der Waals surface area contributed by atoms with Crippen molar-refractivity contribution in [3.63, 3.8) is 0 Å². The van der Waals surface area contributed by atoms with E-state index < -0.39 is 0 Å². The van der Waals surface area contributed by atoms with Crippen molar-refractivity contribution in [2.24, 2.45) is 0 Å². The maximum atomic E-state index is 6.29. The van der Waals surface area contributed by atoms with Gasteiger partial charge in [-0.3, -0.25) is 5.10 Å². The van der Waals surface area contributed by atoms with Crippen LogP contribution in [0.15, 0.2) is 30.6 Å². The van der Waals surface area contributed by atoms with Gasteiger partial charge in [0, 0.05) is 41.5 Å². The zero-order valence-electron chi connectivity index (χ0n) is 19.1. The number of hydrogen-bond acceptors (Lipinski definition) is 6. The van der Waals surface area contributed by atoms with Crippen molar-refractivity contribution in [3.05, 3.63) is 36.3 Å². The summed E-state index contributed by atoms with van der Waals surface area (Å²) >= 11 is 1.78. The highest BCUT2D eigenvalue weighted by molar-refractivity contribution is 7.19. The third-order valence-corrected chi connectivity index (χ3v) is 7.60. The summed E-state index contributed by atoms with van der Waals surface area (Å²) in [5.74, 6) is 0.917. The number of thiazole rings is 1. The van der Waals surface area contributed by atoms with Crippen molar-refractivity contribution >= 4 is 16.5 Å². The fourth-order valence-corrected chi connectivity index (χ4v) is 6.49. The monoisotopic (exact) mass is 437 g/mol. The fraction of sp³-hybridized carbons (Fsp3) is 0.500. The Bertz CT molecular complexity index is 1090. The summed E-state index contributed by atoms with van der Waals surface area (Å²) in [6, 6.07) is 6.84. The van der Waals surface area contributed by atoms with Gasteiger partial charge < -0.3 is 15.0 Å². The second-order valence-corrected chi connectivity index (χ2v) is 11.2. The van der Waals surface area contributed by atoms with Crippen molar-refractivity contribution in [1.82, 2.24) is 20.5 Å². The van der Waals surface area contributed by atoms with Crippen LogP contribution in [0.3, 0.4) is 0 Å². The van der Waals surface area contributed by atoms with E-state index in [1.54, 1.807) is 11.3 Å². The predicted molar refractivity (Wildman–Crippen MR) is 127 cm³/mol. The first-order valence-corrected chi connectivity index (χ1v) is 11.8. The maximum Gasteiger partial charge on any atom is 0.186 e. The molecule has 0 saturated carbocycles. The lowest BCUT2D eigenvalue weighted by Crippen LogP contribution is -2.61. The van der Waals surface area contributed by atoms with Crippen molar-refractivity contribution in [2.45, 2.75) is 70.7 Å². The minimum absolute atomic E-state index is 0.0681. The number of nitrogens with zero attached hydrogens (tertiary/aromatic N) is 3. The van der Waals surface area contributed by atoms with E-state index in [4.69, 9.17) is 9.72 Å². The summed E-state index contributed by atoms with van der Waals surface area (Å²) < 4.78 is 6.29. The summed E-state index contributed by atoms with van der Waals surface area (Å²) in [4.78, 5) is 8.67. The third-order valence-electron chi connectivity index (χ3n) is 6.41. The molecule has 0 aliphatic carbocycles. The zero-order chi connectivity index (χ0) is 22.0. The normalized spacial score (nSPS) is 21.8. The van der Waals surface area contributed by atoms with E-state index in [-0.39, 0.29) is 17.2 Å². The van der Waals surface area contributed by atoms with Crippen molar-refractivity contribution in [1.29, 1.82) is 0 Å². The molecule has 164 valence electrons. The van der Waals surface area contributed by atoms with Gasteiger partial charge in [0.15, 0.2) is 5.13 Å². The standard InChI is InChI=1S/C24H31N5OS/c1-14-20-21(18-8-7-15(9-19(18)30-14)16-12-25-26-13-16)31-22(27-20)29(6)17-10-23(2,3)28-24(4,5)11-17/h7-9,12-14,17,28H,10-11H2,1-6H3,(H,25,26). The van der Waals surface area contributed by atoms with E-state index in [1.807, 2.05) is 12.4 Å². The molecule has 1 fully saturated rings. The molecule has 3 aromatic rings. The molecule has 1 saturated heterocycles. The second-order valence-electron chi connectivity index (χ2n) is 10.2. The van der Waals surface area contributed by atoms with Crippen LogP contribution in [-0.4, -0.2) is 39.3 Å². The molecule has 2 aliphatic rings. The molecule has 0 radical (unpaired) electrons. The van der Waals surface area contributed by atoms with Crippen molar-refractivity contribution in [2.75, 3.05) is 11.9 Å². The van der Waals surface area contributed by atoms with Gasteiger partial charge in [-0.1, -0.05) is 17.4 Å². The van der Waals surface area contributed by atoms with Gasteiger partial charge in [-0.25, -0.2) is 4.98 Å². The topological polar surface area (TPSA) is 66.1 Å². The third kappa shape index (κ3) is 3.74. The Morgan fingerprint density at radius 3 is 2.55 bits per heavy atom. The van der Waals surface area contributed by atoms with Crippen LogP contribution in [0.4, 0.5) is 5.13 Å². The quantitative estimate of drug-likeness (QED) is 0.574. The summed E-state index contributed by atoms with van der Waals surface area (Å²) in [5.41, 5.74) is 4.54. The number of H-pyrrole nitrogens is 1. The van der Waals surface area contributed by atoms with Crippen LogP contribution in [0, 0.1) is 0 Å². The Hall–Kier alpha value is -2.38. The van der Waals surface area contributed by atoms with Gasteiger partial charge in [0.1, 0.15) is 17.5 Å². The van der Waals surface area contributed by atoms with Gasteiger partial charge in [0.2, 0.25) is 0 Å². The van der Waals surface area contributed by atoms with E-state index in [1.165, 1.54) is 4.88 Å². The number of aromatic amines is 1. The van der Waals surface area contributed by atoms with Crippen LogP contribution in [0.2, 0.25) is 0 Å². The highest BCUT2D eigenvalue weighted by atomic mass is 32.1. The Labute approximate surface area is 188 Å². The van der Waals surface area contributed by atoms with Crippen LogP contribution in [0.25, 0.3) is 21.6 Å². The molecule has 2 N–H and O–H groups in total. The van der Waals surface area contributed by atoms with E-state index in [0.29, 0.717) is 6.04 Å².